The van der Waals surface area contributed by atoms with Crippen molar-refractivity contribution in [2.45, 2.75) is 39.0 Å². The lowest BCUT2D eigenvalue weighted by Gasteiger charge is -2.32. The van der Waals surface area contributed by atoms with Crippen molar-refractivity contribution in [2.24, 2.45) is 11.8 Å². The molecule has 0 aromatic heterocycles. The second kappa shape index (κ2) is 6.35. The fourth-order valence-electron chi connectivity index (χ4n) is 2.62. The summed E-state index contributed by atoms with van der Waals surface area (Å²) in [7, 11) is -2.98. The first kappa shape index (κ1) is 14.3. The van der Waals surface area contributed by atoms with Crippen molar-refractivity contribution in [3.63, 3.8) is 0 Å². The summed E-state index contributed by atoms with van der Waals surface area (Å²) in [6.07, 6.45) is 5.52. The molecule has 4 nitrogen and oxygen atoms in total. The maximum absolute atomic E-state index is 12.2. The second-order valence-electron chi connectivity index (χ2n) is 5.79. The zero-order chi connectivity index (χ0) is 13.0. The van der Waals surface area contributed by atoms with E-state index in [9.17, 15) is 8.42 Å². The van der Waals surface area contributed by atoms with Crippen molar-refractivity contribution in [2.75, 3.05) is 31.9 Å². The van der Waals surface area contributed by atoms with Crippen molar-refractivity contribution in [3.8, 4) is 0 Å². The minimum Gasteiger partial charge on any atom is -0.316 e. The van der Waals surface area contributed by atoms with Gasteiger partial charge in [-0.1, -0.05) is 6.92 Å². The predicted molar refractivity (Wildman–Crippen MR) is 74.0 cm³/mol. The summed E-state index contributed by atoms with van der Waals surface area (Å²) >= 11 is 0. The van der Waals surface area contributed by atoms with Gasteiger partial charge < -0.3 is 5.32 Å². The monoisotopic (exact) mass is 274 g/mol. The second-order valence-corrected chi connectivity index (χ2v) is 7.81. The molecule has 5 heteroatoms. The highest BCUT2D eigenvalue weighted by Crippen LogP contribution is 2.32. The third-order valence-corrected chi connectivity index (χ3v) is 5.89. The molecule has 2 rings (SSSR count). The van der Waals surface area contributed by atoms with Gasteiger partial charge in [0, 0.05) is 13.1 Å². The largest absolute Gasteiger partial charge is 0.316 e. The topological polar surface area (TPSA) is 49.4 Å². The smallest absolute Gasteiger partial charge is 0.214 e. The number of piperidine rings is 1. The Morgan fingerprint density at radius 2 is 2.00 bits per heavy atom. The molecule has 1 atom stereocenters. The number of hydrogen-bond donors (Lipinski definition) is 1. The number of sulfonamides is 1. The summed E-state index contributed by atoms with van der Waals surface area (Å²) in [6, 6.07) is 0. The highest BCUT2D eigenvalue weighted by molar-refractivity contribution is 7.89. The molecule has 1 saturated carbocycles. The van der Waals surface area contributed by atoms with Crippen molar-refractivity contribution < 1.29 is 8.42 Å². The van der Waals surface area contributed by atoms with Crippen LogP contribution in [0, 0.1) is 11.8 Å². The third-order valence-electron chi connectivity index (χ3n) is 3.88. The Bertz CT molecular complexity index is 352. The Labute approximate surface area is 111 Å². The first-order valence-corrected chi connectivity index (χ1v) is 8.91. The van der Waals surface area contributed by atoms with Crippen LogP contribution in [0.3, 0.4) is 0 Å². The molecule has 0 aromatic rings. The van der Waals surface area contributed by atoms with Gasteiger partial charge in [0.2, 0.25) is 10.0 Å². The molecular weight excluding hydrogens is 248 g/mol. The molecule has 1 saturated heterocycles. The van der Waals surface area contributed by atoms with Crippen LogP contribution in [0.15, 0.2) is 0 Å². The first-order valence-electron chi connectivity index (χ1n) is 7.30. The Morgan fingerprint density at radius 1 is 1.22 bits per heavy atom. The molecule has 1 unspecified atom stereocenters. The quantitative estimate of drug-likeness (QED) is 0.715. The van der Waals surface area contributed by atoms with Gasteiger partial charge in [-0.25, -0.2) is 12.7 Å². The summed E-state index contributed by atoms with van der Waals surface area (Å²) in [4.78, 5) is 0. The standard InChI is InChI=1S/C13H26N2O2S/c1-2-7-14-9-13-4-3-8-15(10-13)18(16,17)11-12-5-6-12/h12-14H,2-11H2,1H3. The number of nitrogens with one attached hydrogen (secondary N) is 1. The summed E-state index contributed by atoms with van der Waals surface area (Å²) in [5.74, 6) is 1.34. The number of hydrogen-bond acceptors (Lipinski definition) is 3. The summed E-state index contributed by atoms with van der Waals surface area (Å²) in [5.41, 5.74) is 0. The molecule has 18 heavy (non-hydrogen) atoms. The van der Waals surface area contributed by atoms with Gasteiger partial charge in [-0.2, -0.15) is 0 Å². The van der Waals surface area contributed by atoms with Gasteiger partial charge in [-0.15, -0.1) is 0 Å². The van der Waals surface area contributed by atoms with Crippen molar-refractivity contribution in [3.05, 3.63) is 0 Å². The van der Waals surface area contributed by atoms with Crippen LogP contribution in [0.4, 0.5) is 0 Å². The van der Waals surface area contributed by atoms with Crippen LogP contribution in [-0.2, 0) is 10.0 Å². The van der Waals surface area contributed by atoms with Gasteiger partial charge >= 0.3 is 0 Å². The van der Waals surface area contributed by atoms with Crippen LogP contribution in [0.5, 0.6) is 0 Å². The Kier molecular flexibility index (Phi) is 5.04. The van der Waals surface area contributed by atoms with E-state index in [0.29, 0.717) is 17.6 Å². The fraction of sp³-hybridized carbons (Fsp3) is 1.00. The molecule has 2 fully saturated rings. The van der Waals surface area contributed by atoms with Gasteiger partial charge in [0.25, 0.3) is 0 Å². The van der Waals surface area contributed by atoms with E-state index in [2.05, 4.69) is 12.2 Å². The van der Waals surface area contributed by atoms with E-state index in [1.54, 1.807) is 4.31 Å². The molecule has 0 aromatic carbocycles. The van der Waals surface area contributed by atoms with Crippen LogP contribution in [0.25, 0.3) is 0 Å². The SMILES string of the molecule is CCCNCC1CCCN(S(=O)(=O)CC2CC2)C1. The van der Waals surface area contributed by atoms with Crippen LogP contribution in [0.2, 0.25) is 0 Å². The maximum atomic E-state index is 12.2. The van der Waals surface area contributed by atoms with Crippen LogP contribution in [0.1, 0.15) is 39.0 Å². The average molecular weight is 274 g/mol. The lowest BCUT2D eigenvalue weighted by molar-refractivity contribution is 0.260. The highest BCUT2D eigenvalue weighted by Gasteiger charge is 2.34. The lowest BCUT2D eigenvalue weighted by Crippen LogP contribution is -2.44. The van der Waals surface area contributed by atoms with Crippen molar-refractivity contribution >= 4 is 10.0 Å². The molecule has 1 N–H and O–H groups in total. The normalized spacial score (nSPS) is 26.4. The Balaban J connectivity index is 1.81. The molecule has 106 valence electrons. The van der Waals surface area contributed by atoms with E-state index in [4.69, 9.17) is 0 Å². The molecular formula is C13H26N2O2S. The zero-order valence-electron chi connectivity index (χ0n) is 11.4. The molecule has 1 heterocycles. The zero-order valence-corrected chi connectivity index (χ0v) is 12.2. The van der Waals surface area contributed by atoms with Crippen LogP contribution < -0.4 is 5.32 Å². The number of rotatable bonds is 7. The van der Waals surface area contributed by atoms with E-state index in [1.807, 2.05) is 0 Å². The van der Waals surface area contributed by atoms with E-state index < -0.39 is 10.0 Å². The number of nitrogens with zero attached hydrogens (tertiary/aromatic N) is 1. The van der Waals surface area contributed by atoms with Crippen molar-refractivity contribution in [1.29, 1.82) is 0 Å². The minimum absolute atomic E-state index is 0.391. The van der Waals surface area contributed by atoms with Gasteiger partial charge in [-0.05, 0) is 57.0 Å². The van der Waals surface area contributed by atoms with Gasteiger partial charge in [-0.3, -0.25) is 0 Å². The predicted octanol–water partition coefficient (Wildman–Crippen LogP) is 1.44. The molecule has 1 aliphatic heterocycles. The Hall–Kier alpha value is -0.130. The molecule has 2 aliphatic rings. The van der Waals surface area contributed by atoms with Crippen LogP contribution in [-0.4, -0.2) is 44.7 Å². The van der Waals surface area contributed by atoms with E-state index >= 15 is 0 Å². The van der Waals surface area contributed by atoms with Crippen molar-refractivity contribution in [1.82, 2.24) is 9.62 Å². The van der Waals surface area contributed by atoms with Gasteiger partial charge in [0.05, 0.1) is 5.75 Å². The van der Waals surface area contributed by atoms with E-state index in [-0.39, 0.29) is 0 Å². The molecule has 1 aliphatic carbocycles. The maximum Gasteiger partial charge on any atom is 0.214 e. The molecule has 0 spiro atoms. The lowest BCUT2D eigenvalue weighted by atomic mass is 10.00. The van der Waals surface area contributed by atoms with Gasteiger partial charge in [0.15, 0.2) is 0 Å². The van der Waals surface area contributed by atoms with E-state index in [1.165, 1.54) is 0 Å². The summed E-state index contributed by atoms with van der Waals surface area (Å²) < 4.78 is 26.2. The third kappa shape index (κ3) is 4.21. The minimum atomic E-state index is -2.98. The van der Waals surface area contributed by atoms with Gasteiger partial charge in [0.1, 0.15) is 0 Å². The van der Waals surface area contributed by atoms with E-state index in [0.717, 1.165) is 58.3 Å². The Morgan fingerprint density at radius 3 is 2.67 bits per heavy atom. The highest BCUT2D eigenvalue weighted by atomic mass is 32.2. The molecule has 0 radical (unpaired) electrons. The average Bonchev–Trinajstić information content (AvgIpc) is 3.13. The molecule has 0 bridgehead atoms. The molecule has 0 amide bonds. The fourth-order valence-corrected chi connectivity index (χ4v) is 4.60. The summed E-state index contributed by atoms with van der Waals surface area (Å²) in [6.45, 7) is 5.61. The summed E-state index contributed by atoms with van der Waals surface area (Å²) in [5, 5.41) is 3.41. The van der Waals surface area contributed by atoms with Crippen LogP contribution >= 0.6 is 0 Å². The first-order chi connectivity index (χ1) is 8.62.